The third-order valence-electron chi connectivity index (χ3n) is 2.74. The maximum absolute atomic E-state index is 4.71. The van der Waals surface area contributed by atoms with Crippen LogP contribution < -0.4 is 0 Å². The molecule has 0 unspecified atom stereocenters. The topological polar surface area (TPSA) is 28.5 Å². The normalized spacial score (nSPS) is 29.1. The molecular weight excluding hydrogens is 206 g/mol. The number of aromatic nitrogens is 1. The molecule has 0 bridgehead atoms. The molecule has 2 aliphatic heterocycles. The van der Waals surface area contributed by atoms with Crippen LogP contribution in [-0.4, -0.2) is 33.4 Å². The molecule has 0 amide bonds. The van der Waals surface area contributed by atoms with Gasteiger partial charge in [0.15, 0.2) is 5.17 Å². The molecule has 4 heteroatoms. The zero-order valence-electron chi connectivity index (χ0n) is 8.63. The van der Waals surface area contributed by atoms with E-state index in [0.717, 1.165) is 18.8 Å². The van der Waals surface area contributed by atoms with Crippen molar-refractivity contribution in [2.45, 2.75) is 18.2 Å². The standard InChI is InChI=1S/C11H13N3S/c1-8-6-14-7-10(13-11(14)15-8)9-4-2-3-5-12-9/h2-5,8,10H,6-7H2,1H3/t8-,10+/m0/s1. The fourth-order valence-electron chi connectivity index (χ4n) is 2.06. The smallest absolute Gasteiger partial charge is 0.160 e. The average molecular weight is 219 g/mol. The first-order valence-corrected chi connectivity index (χ1v) is 6.11. The van der Waals surface area contributed by atoms with Gasteiger partial charge < -0.3 is 4.90 Å². The summed E-state index contributed by atoms with van der Waals surface area (Å²) < 4.78 is 0. The third-order valence-corrected chi connectivity index (χ3v) is 3.87. The van der Waals surface area contributed by atoms with E-state index < -0.39 is 0 Å². The molecule has 3 rings (SSSR count). The van der Waals surface area contributed by atoms with E-state index in [0.29, 0.717) is 5.25 Å². The van der Waals surface area contributed by atoms with Crippen LogP contribution in [0.1, 0.15) is 18.7 Å². The van der Waals surface area contributed by atoms with Gasteiger partial charge in [0.1, 0.15) is 6.04 Å². The van der Waals surface area contributed by atoms with Gasteiger partial charge in [-0.2, -0.15) is 0 Å². The first kappa shape index (κ1) is 9.21. The van der Waals surface area contributed by atoms with Gasteiger partial charge in [0.25, 0.3) is 0 Å². The first-order valence-electron chi connectivity index (χ1n) is 5.23. The third kappa shape index (κ3) is 1.63. The minimum atomic E-state index is 0.251. The number of thioether (sulfide) groups is 1. The van der Waals surface area contributed by atoms with Crippen molar-refractivity contribution in [1.82, 2.24) is 9.88 Å². The molecule has 0 spiro atoms. The summed E-state index contributed by atoms with van der Waals surface area (Å²) in [5.41, 5.74) is 1.09. The van der Waals surface area contributed by atoms with Gasteiger partial charge in [-0.05, 0) is 12.1 Å². The minimum Gasteiger partial charge on any atom is -0.348 e. The molecule has 0 aliphatic carbocycles. The van der Waals surface area contributed by atoms with Gasteiger partial charge in [-0.3, -0.25) is 9.98 Å². The van der Waals surface area contributed by atoms with Crippen molar-refractivity contribution in [3.05, 3.63) is 30.1 Å². The number of rotatable bonds is 1. The summed E-state index contributed by atoms with van der Waals surface area (Å²) in [6.07, 6.45) is 1.84. The molecule has 1 saturated heterocycles. The van der Waals surface area contributed by atoms with E-state index in [2.05, 4.69) is 22.9 Å². The maximum atomic E-state index is 4.71. The molecule has 0 N–H and O–H groups in total. The van der Waals surface area contributed by atoms with E-state index in [1.54, 1.807) is 0 Å². The summed E-state index contributed by atoms with van der Waals surface area (Å²) in [5, 5.41) is 1.89. The first-order chi connectivity index (χ1) is 7.33. The van der Waals surface area contributed by atoms with Gasteiger partial charge in [-0.15, -0.1) is 0 Å². The highest BCUT2D eigenvalue weighted by Gasteiger charge is 2.34. The van der Waals surface area contributed by atoms with Crippen molar-refractivity contribution in [3.63, 3.8) is 0 Å². The maximum Gasteiger partial charge on any atom is 0.160 e. The predicted molar refractivity (Wildman–Crippen MR) is 63.0 cm³/mol. The highest BCUT2D eigenvalue weighted by molar-refractivity contribution is 8.14. The van der Waals surface area contributed by atoms with E-state index in [1.807, 2.05) is 30.1 Å². The van der Waals surface area contributed by atoms with Crippen molar-refractivity contribution in [2.75, 3.05) is 13.1 Å². The number of fused-ring (bicyclic) bond motifs is 1. The van der Waals surface area contributed by atoms with Crippen LogP contribution in [0, 0.1) is 0 Å². The van der Waals surface area contributed by atoms with Crippen LogP contribution in [0.2, 0.25) is 0 Å². The zero-order chi connectivity index (χ0) is 10.3. The van der Waals surface area contributed by atoms with Crippen molar-refractivity contribution >= 4 is 16.9 Å². The van der Waals surface area contributed by atoms with E-state index in [-0.39, 0.29) is 6.04 Å². The van der Waals surface area contributed by atoms with Gasteiger partial charge in [0.05, 0.1) is 5.69 Å². The lowest BCUT2D eigenvalue weighted by molar-refractivity contribution is 0.442. The van der Waals surface area contributed by atoms with Crippen LogP contribution in [0.3, 0.4) is 0 Å². The largest absolute Gasteiger partial charge is 0.348 e. The summed E-state index contributed by atoms with van der Waals surface area (Å²) >= 11 is 1.88. The van der Waals surface area contributed by atoms with Crippen molar-refractivity contribution in [1.29, 1.82) is 0 Å². The molecule has 2 aliphatic rings. The summed E-state index contributed by atoms with van der Waals surface area (Å²) in [6.45, 7) is 4.39. The SMILES string of the molecule is C[C@H]1CN2C[C@H](c3ccccn3)N=C2S1. The van der Waals surface area contributed by atoms with Gasteiger partial charge >= 0.3 is 0 Å². The second-order valence-corrected chi connectivity index (χ2v) is 5.42. The van der Waals surface area contributed by atoms with Crippen LogP contribution >= 0.6 is 11.8 Å². The predicted octanol–water partition coefficient (Wildman–Crippen LogP) is 1.93. The summed E-state index contributed by atoms with van der Waals surface area (Å²) in [5.74, 6) is 0. The lowest BCUT2D eigenvalue weighted by Crippen LogP contribution is -2.23. The van der Waals surface area contributed by atoms with Gasteiger partial charge in [0, 0.05) is 24.5 Å². The zero-order valence-corrected chi connectivity index (χ0v) is 9.44. The van der Waals surface area contributed by atoms with Crippen molar-refractivity contribution < 1.29 is 0 Å². The molecule has 0 aromatic carbocycles. The van der Waals surface area contributed by atoms with Gasteiger partial charge in [-0.1, -0.05) is 24.8 Å². The Kier molecular flexibility index (Phi) is 2.16. The molecule has 3 nitrogen and oxygen atoms in total. The molecule has 3 heterocycles. The van der Waals surface area contributed by atoms with Crippen LogP contribution in [0.4, 0.5) is 0 Å². The van der Waals surface area contributed by atoms with E-state index >= 15 is 0 Å². The van der Waals surface area contributed by atoms with Gasteiger partial charge in [-0.25, -0.2) is 0 Å². The van der Waals surface area contributed by atoms with E-state index in [4.69, 9.17) is 4.99 Å². The summed E-state index contributed by atoms with van der Waals surface area (Å²) in [4.78, 5) is 11.4. The fraction of sp³-hybridized carbons (Fsp3) is 0.455. The average Bonchev–Trinajstić information content (AvgIpc) is 2.76. The highest BCUT2D eigenvalue weighted by atomic mass is 32.2. The Morgan fingerprint density at radius 2 is 2.33 bits per heavy atom. The molecular formula is C11H13N3S. The van der Waals surface area contributed by atoms with Crippen LogP contribution in [0.5, 0.6) is 0 Å². The quantitative estimate of drug-likeness (QED) is 0.722. The minimum absolute atomic E-state index is 0.251. The Labute approximate surface area is 93.6 Å². The molecule has 15 heavy (non-hydrogen) atoms. The Balaban J connectivity index is 1.83. The Morgan fingerprint density at radius 3 is 3.07 bits per heavy atom. The molecule has 0 radical (unpaired) electrons. The number of aliphatic imine (C=N–C) groups is 1. The van der Waals surface area contributed by atoms with E-state index in [9.17, 15) is 0 Å². The Bertz CT molecular complexity index is 390. The number of hydrogen-bond acceptors (Lipinski definition) is 4. The molecule has 0 saturated carbocycles. The van der Waals surface area contributed by atoms with Crippen LogP contribution in [-0.2, 0) is 0 Å². The van der Waals surface area contributed by atoms with Crippen LogP contribution in [0.25, 0.3) is 0 Å². The molecule has 78 valence electrons. The summed E-state index contributed by atoms with van der Waals surface area (Å²) in [7, 11) is 0. The fourth-order valence-corrected chi connectivity index (χ4v) is 3.16. The molecule has 2 atom stereocenters. The Morgan fingerprint density at radius 1 is 1.40 bits per heavy atom. The van der Waals surface area contributed by atoms with Crippen molar-refractivity contribution in [2.24, 2.45) is 4.99 Å². The Hall–Kier alpha value is -1.03. The second kappa shape index (κ2) is 3.52. The van der Waals surface area contributed by atoms with Crippen molar-refractivity contribution in [3.8, 4) is 0 Å². The number of hydrogen-bond donors (Lipinski definition) is 0. The molecule has 1 fully saturated rings. The number of pyridine rings is 1. The number of amidine groups is 1. The monoisotopic (exact) mass is 219 g/mol. The lowest BCUT2D eigenvalue weighted by atomic mass is 10.2. The van der Waals surface area contributed by atoms with E-state index in [1.165, 1.54) is 5.17 Å². The lowest BCUT2D eigenvalue weighted by Gasteiger charge is -2.12. The highest BCUT2D eigenvalue weighted by Crippen LogP contribution is 2.34. The summed E-state index contributed by atoms with van der Waals surface area (Å²) in [6, 6.07) is 6.29. The molecule has 1 aromatic rings. The second-order valence-electron chi connectivity index (χ2n) is 4.02. The molecule has 1 aromatic heterocycles. The van der Waals surface area contributed by atoms with Gasteiger partial charge in [0.2, 0.25) is 0 Å². The van der Waals surface area contributed by atoms with Crippen LogP contribution in [0.15, 0.2) is 29.4 Å². The number of nitrogens with zero attached hydrogens (tertiary/aromatic N) is 3.